The molecule has 1 aromatic rings. The third kappa shape index (κ3) is 5.60. The number of hydrogen-bond donors (Lipinski definition) is 2. The van der Waals surface area contributed by atoms with E-state index in [1.54, 1.807) is 18.2 Å². The maximum absolute atomic E-state index is 9.25. The first-order valence-corrected chi connectivity index (χ1v) is 3.87. The molecule has 0 bridgehead atoms. The summed E-state index contributed by atoms with van der Waals surface area (Å²) in [6, 6.07) is 6.89. The molecule has 0 heterocycles. The summed E-state index contributed by atoms with van der Waals surface area (Å²) in [5.41, 5.74) is 1.02. The van der Waals surface area contributed by atoms with Crippen molar-refractivity contribution in [1.29, 1.82) is 0 Å². The van der Waals surface area contributed by atoms with E-state index in [0.717, 1.165) is 11.6 Å². The van der Waals surface area contributed by atoms with E-state index >= 15 is 0 Å². The van der Waals surface area contributed by atoms with Crippen molar-refractivity contribution < 1.29 is 15.0 Å². The molecule has 0 saturated heterocycles. The van der Waals surface area contributed by atoms with Crippen LogP contribution in [0, 0.1) is 0 Å². The van der Waals surface area contributed by atoms with Gasteiger partial charge in [-0.25, -0.2) is 4.79 Å². The second-order valence-corrected chi connectivity index (χ2v) is 2.34. The molecule has 74 valence electrons. The van der Waals surface area contributed by atoms with Crippen LogP contribution in [0.2, 0.25) is 0 Å². The number of aliphatic carboxylic acids is 1. The Morgan fingerprint density at radius 1 is 1.21 bits per heavy atom. The number of carboxylic acids is 1. The largest absolute Gasteiger partial charge is 0.508 e. The predicted molar refractivity (Wildman–Crippen MR) is 56.0 cm³/mol. The van der Waals surface area contributed by atoms with E-state index in [-0.39, 0.29) is 0 Å². The Hall–Kier alpha value is -2.03. The Balaban J connectivity index is 0.000000292. The van der Waals surface area contributed by atoms with Crippen LogP contribution in [0.1, 0.15) is 5.56 Å². The summed E-state index contributed by atoms with van der Waals surface area (Å²) in [4.78, 5) is 9.25. The lowest BCUT2D eigenvalue weighted by Gasteiger charge is -1.90. The van der Waals surface area contributed by atoms with Crippen LogP contribution < -0.4 is 0 Å². The highest BCUT2D eigenvalue weighted by molar-refractivity contribution is 5.78. The number of benzene rings is 1. The average molecular weight is 192 g/mol. The second-order valence-electron chi connectivity index (χ2n) is 2.34. The summed E-state index contributed by atoms with van der Waals surface area (Å²) >= 11 is 0. The van der Waals surface area contributed by atoms with Crippen LogP contribution in [0.3, 0.4) is 0 Å². The third-order valence-electron chi connectivity index (χ3n) is 1.30. The Bertz CT molecular complexity index is 312. The molecule has 0 spiro atoms. The first-order chi connectivity index (χ1) is 6.60. The van der Waals surface area contributed by atoms with Crippen molar-refractivity contribution >= 4 is 12.0 Å². The SMILES string of the molecule is C=CC(=O)O.C=Cc1ccc(O)cc1. The molecule has 0 aromatic heterocycles. The molecule has 2 N–H and O–H groups in total. The Kier molecular flexibility index (Phi) is 5.54. The Labute approximate surface area is 82.6 Å². The topological polar surface area (TPSA) is 57.5 Å². The zero-order valence-electron chi connectivity index (χ0n) is 7.68. The molecule has 0 radical (unpaired) electrons. The predicted octanol–water partition coefficient (Wildman–Crippen LogP) is 2.29. The molecule has 0 atom stereocenters. The van der Waals surface area contributed by atoms with E-state index in [1.807, 2.05) is 12.1 Å². The van der Waals surface area contributed by atoms with Gasteiger partial charge >= 0.3 is 5.97 Å². The van der Waals surface area contributed by atoms with Gasteiger partial charge < -0.3 is 10.2 Å². The van der Waals surface area contributed by atoms with Gasteiger partial charge in [-0.2, -0.15) is 0 Å². The Morgan fingerprint density at radius 3 is 1.93 bits per heavy atom. The molecule has 1 aromatic carbocycles. The van der Waals surface area contributed by atoms with Crippen molar-refractivity contribution in [3.8, 4) is 5.75 Å². The highest BCUT2D eigenvalue weighted by atomic mass is 16.4. The maximum atomic E-state index is 9.25. The fourth-order valence-corrected chi connectivity index (χ4v) is 0.610. The maximum Gasteiger partial charge on any atom is 0.327 e. The summed E-state index contributed by atoms with van der Waals surface area (Å²) in [6.45, 7) is 6.54. The molecular weight excluding hydrogens is 180 g/mol. The molecule has 0 amide bonds. The minimum Gasteiger partial charge on any atom is -0.508 e. The van der Waals surface area contributed by atoms with E-state index in [9.17, 15) is 4.79 Å². The summed E-state index contributed by atoms with van der Waals surface area (Å²) in [5.74, 6) is -0.689. The highest BCUT2D eigenvalue weighted by Crippen LogP contribution is 2.09. The molecule has 0 aliphatic rings. The molecule has 3 heteroatoms. The minimum absolute atomic E-state index is 0.292. The van der Waals surface area contributed by atoms with Gasteiger partial charge in [-0.15, -0.1) is 0 Å². The van der Waals surface area contributed by atoms with Gasteiger partial charge in [0.1, 0.15) is 5.75 Å². The molecule has 14 heavy (non-hydrogen) atoms. The van der Waals surface area contributed by atoms with Gasteiger partial charge in [-0.05, 0) is 17.7 Å². The van der Waals surface area contributed by atoms with Crippen LogP contribution in [0.15, 0.2) is 43.5 Å². The molecule has 0 aliphatic heterocycles. The zero-order chi connectivity index (χ0) is 11.0. The molecular formula is C11H12O3. The Morgan fingerprint density at radius 2 is 1.64 bits per heavy atom. The van der Waals surface area contributed by atoms with E-state index < -0.39 is 5.97 Å². The smallest absolute Gasteiger partial charge is 0.327 e. The van der Waals surface area contributed by atoms with E-state index in [4.69, 9.17) is 10.2 Å². The normalized spacial score (nSPS) is 8.00. The zero-order valence-corrected chi connectivity index (χ0v) is 7.68. The first kappa shape index (κ1) is 12.0. The van der Waals surface area contributed by atoms with E-state index in [2.05, 4.69) is 13.2 Å². The van der Waals surface area contributed by atoms with Crippen molar-refractivity contribution in [3.63, 3.8) is 0 Å². The molecule has 0 unspecified atom stereocenters. The van der Waals surface area contributed by atoms with Gasteiger partial charge in [-0.1, -0.05) is 31.4 Å². The third-order valence-corrected chi connectivity index (χ3v) is 1.30. The molecule has 0 fully saturated rings. The number of carbonyl (C=O) groups is 1. The van der Waals surface area contributed by atoms with Crippen molar-refractivity contribution in [1.82, 2.24) is 0 Å². The van der Waals surface area contributed by atoms with Crippen LogP contribution >= 0.6 is 0 Å². The van der Waals surface area contributed by atoms with Crippen molar-refractivity contribution in [2.24, 2.45) is 0 Å². The number of rotatable bonds is 2. The van der Waals surface area contributed by atoms with E-state index in [1.165, 1.54) is 0 Å². The van der Waals surface area contributed by atoms with Crippen molar-refractivity contribution in [2.75, 3.05) is 0 Å². The van der Waals surface area contributed by atoms with Gasteiger partial charge in [0.05, 0.1) is 0 Å². The van der Waals surface area contributed by atoms with Crippen molar-refractivity contribution in [2.45, 2.75) is 0 Å². The van der Waals surface area contributed by atoms with Crippen LogP contribution in [-0.2, 0) is 4.79 Å². The lowest BCUT2D eigenvalue weighted by molar-refractivity contribution is -0.131. The van der Waals surface area contributed by atoms with Crippen LogP contribution in [-0.4, -0.2) is 16.2 Å². The molecule has 1 rings (SSSR count). The number of phenolic OH excluding ortho intramolecular Hbond substituents is 1. The summed E-state index contributed by atoms with van der Waals surface area (Å²) in [6.07, 6.45) is 2.57. The van der Waals surface area contributed by atoms with Gasteiger partial charge in [-0.3, -0.25) is 0 Å². The van der Waals surface area contributed by atoms with Gasteiger partial charge in [0.25, 0.3) is 0 Å². The standard InChI is InChI=1S/C8H8O.C3H4O2/c1-2-7-3-5-8(9)6-4-7;1-2-3(4)5/h2-6,9H,1H2;2H,1H2,(H,4,5). The number of aromatic hydroxyl groups is 1. The van der Waals surface area contributed by atoms with Gasteiger partial charge in [0, 0.05) is 6.08 Å². The van der Waals surface area contributed by atoms with Crippen LogP contribution in [0.5, 0.6) is 5.75 Å². The fourth-order valence-electron chi connectivity index (χ4n) is 0.610. The summed E-state index contributed by atoms with van der Waals surface area (Å²) < 4.78 is 0. The molecule has 3 nitrogen and oxygen atoms in total. The number of carboxylic acid groups (broad SMARTS) is 1. The monoisotopic (exact) mass is 192 g/mol. The summed E-state index contributed by atoms with van der Waals surface area (Å²) in [5, 5.41) is 16.4. The quantitative estimate of drug-likeness (QED) is 0.707. The lowest BCUT2D eigenvalue weighted by Crippen LogP contribution is -1.82. The molecule has 0 saturated carbocycles. The van der Waals surface area contributed by atoms with Crippen molar-refractivity contribution in [3.05, 3.63) is 49.1 Å². The van der Waals surface area contributed by atoms with Crippen LogP contribution in [0.4, 0.5) is 0 Å². The number of phenols is 1. The van der Waals surface area contributed by atoms with Gasteiger partial charge in [0.2, 0.25) is 0 Å². The van der Waals surface area contributed by atoms with Gasteiger partial charge in [0.15, 0.2) is 0 Å². The summed E-state index contributed by atoms with van der Waals surface area (Å²) in [7, 11) is 0. The van der Waals surface area contributed by atoms with Crippen LogP contribution in [0.25, 0.3) is 6.08 Å². The highest BCUT2D eigenvalue weighted by Gasteiger charge is 1.84. The number of hydrogen-bond acceptors (Lipinski definition) is 2. The second kappa shape index (κ2) is 6.48. The first-order valence-electron chi connectivity index (χ1n) is 3.87. The molecule has 0 aliphatic carbocycles. The lowest BCUT2D eigenvalue weighted by atomic mass is 10.2. The average Bonchev–Trinajstić information content (AvgIpc) is 2.20. The fraction of sp³-hybridized carbons (Fsp3) is 0. The minimum atomic E-state index is -0.981. The van der Waals surface area contributed by atoms with E-state index in [0.29, 0.717) is 5.75 Å².